The number of ether oxygens (including phenoxy) is 1. The fourth-order valence-corrected chi connectivity index (χ4v) is 5.86. The molecule has 1 saturated carbocycles. The number of fused-ring (bicyclic) bond motifs is 3. The standard InChI is InChI=1S/C25H29N3O/c1-24(2)13-18-14-25(3,15-24)16-28(18)23-20-7-5-6-8-21(20)26-22(27-23)17-9-11-19(29-4)12-10-17/h5-12,18H,13-16H2,1-4H3. The summed E-state index contributed by atoms with van der Waals surface area (Å²) in [5, 5.41) is 1.15. The van der Waals surface area contributed by atoms with Crippen molar-refractivity contribution in [2.24, 2.45) is 10.8 Å². The summed E-state index contributed by atoms with van der Waals surface area (Å²) in [4.78, 5) is 12.6. The SMILES string of the molecule is COc1ccc(-c2nc(N3CC4(C)CC3CC(C)(C)C4)c3ccccc3n2)cc1. The van der Waals surface area contributed by atoms with Crippen LogP contribution in [-0.2, 0) is 0 Å². The Kier molecular flexibility index (Phi) is 4.09. The Morgan fingerprint density at radius 2 is 1.72 bits per heavy atom. The number of benzene rings is 2. The fraction of sp³-hybridized carbons (Fsp3) is 0.440. The Morgan fingerprint density at radius 3 is 2.48 bits per heavy atom. The van der Waals surface area contributed by atoms with Crippen LogP contribution in [0.1, 0.15) is 40.0 Å². The maximum absolute atomic E-state index is 5.31. The van der Waals surface area contributed by atoms with E-state index in [4.69, 9.17) is 14.7 Å². The lowest BCUT2D eigenvalue weighted by atomic mass is 9.65. The highest BCUT2D eigenvalue weighted by molar-refractivity contribution is 5.91. The largest absolute Gasteiger partial charge is 0.497 e. The molecule has 0 spiro atoms. The van der Waals surface area contributed by atoms with Gasteiger partial charge in [0.05, 0.1) is 12.6 Å². The van der Waals surface area contributed by atoms with Gasteiger partial charge in [-0.2, -0.15) is 0 Å². The average Bonchev–Trinajstić information content (AvgIpc) is 2.95. The lowest BCUT2D eigenvalue weighted by Crippen LogP contribution is -2.35. The summed E-state index contributed by atoms with van der Waals surface area (Å²) in [5.41, 5.74) is 2.77. The first-order valence-corrected chi connectivity index (χ1v) is 10.5. The molecule has 2 fully saturated rings. The summed E-state index contributed by atoms with van der Waals surface area (Å²) in [6.45, 7) is 8.36. The third kappa shape index (κ3) is 3.25. The van der Waals surface area contributed by atoms with Gasteiger partial charge < -0.3 is 9.64 Å². The van der Waals surface area contributed by atoms with Crippen LogP contribution in [0.15, 0.2) is 48.5 Å². The summed E-state index contributed by atoms with van der Waals surface area (Å²) < 4.78 is 5.31. The smallest absolute Gasteiger partial charge is 0.162 e. The number of nitrogens with zero attached hydrogens (tertiary/aromatic N) is 3. The maximum atomic E-state index is 5.31. The number of rotatable bonds is 3. The minimum absolute atomic E-state index is 0.360. The van der Waals surface area contributed by atoms with E-state index >= 15 is 0 Å². The van der Waals surface area contributed by atoms with Crippen molar-refractivity contribution >= 4 is 16.7 Å². The average molecular weight is 388 g/mol. The number of anilines is 1. The third-order valence-corrected chi connectivity index (χ3v) is 6.62. The summed E-state index contributed by atoms with van der Waals surface area (Å²) in [7, 11) is 1.69. The first-order valence-electron chi connectivity index (χ1n) is 10.5. The summed E-state index contributed by atoms with van der Waals surface area (Å²) in [6, 6.07) is 17.0. The Hall–Kier alpha value is -2.62. The molecule has 1 aromatic heterocycles. The predicted molar refractivity (Wildman–Crippen MR) is 118 cm³/mol. The molecule has 2 atom stereocenters. The van der Waals surface area contributed by atoms with Crippen molar-refractivity contribution in [1.29, 1.82) is 0 Å². The molecular weight excluding hydrogens is 358 g/mol. The Bertz CT molecular complexity index is 1060. The molecule has 1 aliphatic carbocycles. The lowest BCUT2D eigenvalue weighted by molar-refractivity contribution is 0.136. The molecule has 0 N–H and O–H groups in total. The van der Waals surface area contributed by atoms with E-state index < -0.39 is 0 Å². The number of methoxy groups -OCH3 is 1. The topological polar surface area (TPSA) is 38.2 Å². The predicted octanol–water partition coefficient (Wildman–Crippen LogP) is 5.71. The Labute approximate surface area is 172 Å². The minimum atomic E-state index is 0.360. The zero-order valence-electron chi connectivity index (χ0n) is 17.8. The molecule has 3 aromatic rings. The molecule has 2 aliphatic rings. The van der Waals surface area contributed by atoms with Crippen molar-refractivity contribution < 1.29 is 4.74 Å². The molecule has 4 nitrogen and oxygen atoms in total. The third-order valence-electron chi connectivity index (χ3n) is 6.62. The van der Waals surface area contributed by atoms with E-state index in [-0.39, 0.29) is 0 Å². The molecule has 1 saturated heterocycles. The van der Waals surface area contributed by atoms with Gasteiger partial charge in [-0.1, -0.05) is 32.9 Å². The molecule has 5 rings (SSSR count). The van der Waals surface area contributed by atoms with Gasteiger partial charge in [0.1, 0.15) is 11.6 Å². The summed E-state index contributed by atoms with van der Waals surface area (Å²) in [5.74, 6) is 2.72. The van der Waals surface area contributed by atoms with Crippen LogP contribution < -0.4 is 9.64 Å². The second-order valence-corrected chi connectivity index (χ2v) is 9.96. The second-order valence-electron chi connectivity index (χ2n) is 9.96. The van der Waals surface area contributed by atoms with Crippen LogP contribution in [0.3, 0.4) is 0 Å². The van der Waals surface area contributed by atoms with Gasteiger partial charge in [-0.25, -0.2) is 9.97 Å². The quantitative estimate of drug-likeness (QED) is 0.577. The molecule has 2 unspecified atom stereocenters. The normalized spacial score (nSPS) is 25.4. The first-order chi connectivity index (χ1) is 13.9. The molecular formula is C25H29N3O. The number of para-hydroxylation sites is 1. The van der Waals surface area contributed by atoms with E-state index in [1.165, 1.54) is 19.3 Å². The molecule has 150 valence electrons. The van der Waals surface area contributed by atoms with E-state index in [9.17, 15) is 0 Å². The van der Waals surface area contributed by atoms with Gasteiger partial charge in [0, 0.05) is 23.5 Å². The van der Waals surface area contributed by atoms with Crippen LogP contribution >= 0.6 is 0 Å². The minimum Gasteiger partial charge on any atom is -0.497 e. The zero-order chi connectivity index (χ0) is 20.2. The molecule has 2 heterocycles. The van der Waals surface area contributed by atoms with Gasteiger partial charge in [0.25, 0.3) is 0 Å². The van der Waals surface area contributed by atoms with Crippen LogP contribution in [0.2, 0.25) is 0 Å². The van der Waals surface area contributed by atoms with Crippen LogP contribution in [-0.4, -0.2) is 29.7 Å². The maximum Gasteiger partial charge on any atom is 0.162 e. The Balaban J connectivity index is 1.63. The van der Waals surface area contributed by atoms with Crippen molar-refractivity contribution in [3.63, 3.8) is 0 Å². The van der Waals surface area contributed by atoms with E-state index in [1.807, 2.05) is 24.3 Å². The number of hydrogen-bond donors (Lipinski definition) is 0. The molecule has 4 heteroatoms. The molecule has 29 heavy (non-hydrogen) atoms. The van der Waals surface area contributed by atoms with E-state index in [1.54, 1.807) is 7.11 Å². The summed E-state index contributed by atoms with van der Waals surface area (Å²) in [6.07, 6.45) is 3.76. The van der Waals surface area contributed by atoms with E-state index in [0.717, 1.165) is 40.4 Å². The second kappa shape index (κ2) is 6.45. The zero-order valence-corrected chi connectivity index (χ0v) is 17.8. The lowest BCUT2D eigenvalue weighted by Gasteiger charge is -2.39. The van der Waals surface area contributed by atoms with Crippen LogP contribution in [0.5, 0.6) is 5.75 Å². The van der Waals surface area contributed by atoms with E-state index in [2.05, 4.69) is 49.9 Å². The fourth-order valence-electron chi connectivity index (χ4n) is 5.86. The number of hydrogen-bond acceptors (Lipinski definition) is 4. The van der Waals surface area contributed by atoms with Gasteiger partial charge in [-0.3, -0.25) is 0 Å². The van der Waals surface area contributed by atoms with Gasteiger partial charge in [-0.05, 0) is 66.5 Å². The highest BCUT2D eigenvalue weighted by atomic mass is 16.5. The van der Waals surface area contributed by atoms with Crippen LogP contribution in [0.4, 0.5) is 5.82 Å². The molecule has 2 aromatic carbocycles. The molecule has 0 radical (unpaired) electrons. The molecule has 0 amide bonds. The van der Waals surface area contributed by atoms with Crippen molar-refractivity contribution in [1.82, 2.24) is 9.97 Å². The van der Waals surface area contributed by atoms with Crippen molar-refractivity contribution in [3.8, 4) is 17.1 Å². The van der Waals surface area contributed by atoms with Gasteiger partial charge >= 0.3 is 0 Å². The van der Waals surface area contributed by atoms with Crippen LogP contribution in [0, 0.1) is 10.8 Å². The molecule has 2 bridgehead atoms. The summed E-state index contributed by atoms with van der Waals surface area (Å²) >= 11 is 0. The van der Waals surface area contributed by atoms with Crippen LogP contribution in [0.25, 0.3) is 22.3 Å². The van der Waals surface area contributed by atoms with E-state index in [0.29, 0.717) is 16.9 Å². The highest BCUT2D eigenvalue weighted by Crippen LogP contribution is 2.53. The Morgan fingerprint density at radius 1 is 0.966 bits per heavy atom. The van der Waals surface area contributed by atoms with Crippen molar-refractivity contribution in [2.75, 3.05) is 18.6 Å². The van der Waals surface area contributed by atoms with Crippen molar-refractivity contribution in [3.05, 3.63) is 48.5 Å². The monoisotopic (exact) mass is 387 g/mol. The van der Waals surface area contributed by atoms with Crippen molar-refractivity contribution in [2.45, 2.75) is 46.1 Å². The van der Waals surface area contributed by atoms with Gasteiger partial charge in [0.2, 0.25) is 0 Å². The van der Waals surface area contributed by atoms with Gasteiger partial charge in [-0.15, -0.1) is 0 Å². The highest BCUT2D eigenvalue weighted by Gasteiger charge is 2.50. The number of aromatic nitrogens is 2. The molecule has 1 aliphatic heterocycles. The van der Waals surface area contributed by atoms with Gasteiger partial charge in [0.15, 0.2) is 5.82 Å². The first kappa shape index (κ1) is 18.4.